The Kier molecular flexibility index (Phi) is 5.77. The van der Waals surface area contributed by atoms with Gasteiger partial charge < -0.3 is 14.8 Å². The Labute approximate surface area is 187 Å². The molecular weight excluding hydrogens is 436 g/mol. The number of azide groups is 1. The minimum absolute atomic E-state index is 0.00420. The van der Waals surface area contributed by atoms with Gasteiger partial charge >= 0.3 is 5.97 Å². The fourth-order valence-electron chi connectivity index (χ4n) is 3.87. The van der Waals surface area contributed by atoms with Gasteiger partial charge in [-0.1, -0.05) is 5.11 Å². The van der Waals surface area contributed by atoms with Crippen LogP contribution in [0.2, 0.25) is 0 Å². The third-order valence-corrected chi connectivity index (χ3v) is 5.33. The van der Waals surface area contributed by atoms with Gasteiger partial charge in [0.25, 0.3) is 0 Å². The van der Waals surface area contributed by atoms with E-state index in [-0.39, 0.29) is 42.1 Å². The van der Waals surface area contributed by atoms with Crippen molar-refractivity contribution < 1.29 is 23.0 Å². The molecule has 4 rings (SSSR count). The number of benzene rings is 1. The number of halogens is 2. The van der Waals surface area contributed by atoms with Crippen LogP contribution in [0.25, 0.3) is 16.1 Å². The van der Waals surface area contributed by atoms with Crippen LogP contribution >= 0.6 is 0 Å². The normalized spacial score (nSPS) is 17.7. The quantitative estimate of drug-likeness (QED) is 0.243. The zero-order chi connectivity index (χ0) is 23.8. The number of carbonyl (C=O) groups excluding carboxylic acids is 1. The van der Waals surface area contributed by atoms with E-state index < -0.39 is 29.2 Å². The summed E-state index contributed by atoms with van der Waals surface area (Å²) >= 11 is 0. The van der Waals surface area contributed by atoms with E-state index in [4.69, 9.17) is 15.0 Å². The Bertz CT molecular complexity index is 1290. The second kappa shape index (κ2) is 8.55. The number of hydrogen-bond acceptors (Lipinski definition) is 7. The maximum atomic E-state index is 14.9. The molecule has 0 saturated carbocycles. The first-order chi connectivity index (χ1) is 15.8. The molecule has 2 aromatic heterocycles. The van der Waals surface area contributed by atoms with E-state index in [1.54, 1.807) is 33.0 Å². The number of anilines is 1. The van der Waals surface area contributed by atoms with E-state index in [1.807, 2.05) is 0 Å². The zero-order valence-electron chi connectivity index (χ0n) is 18.2. The van der Waals surface area contributed by atoms with Gasteiger partial charge in [-0.2, -0.15) is 5.10 Å². The molecule has 12 heteroatoms. The van der Waals surface area contributed by atoms with Crippen LogP contribution in [-0.4, -0.2) is 39.3 Å². The number of nitrogens with zero attached hydrogens (tertiary/aromatic N) is 6. The average molecular weight is 457 g/mol. The van der Waals surface area contributed by atoms with Crippen molar-refractivity contribution in [3.63, 3.8) is 0 Å². The van der Waals surface area contributed by atoms with Crippen LogP contribution in [0.1, 0.15) is 48.3 Å². The number of fused-ring (bicyclic) bond motifs is 2. The van der Waals surface area contributed by atoms with Crippen molar-refractivity contribution in [2.45, 2.75) is 38.8 Å². The molecule has 2 atom stereocenters. The summed E-state index contributed by atoms with van der Waals surface area (Å²) < 4.78 is 41.7. The second-order valence-electron chi connectivity index (χ2n) is 7.92. The smallest absolute Gasteiger partial charge is 0.343 e. The molecule has 33 heavy (non-hydrogen) atoms. The largest absolute Gasteiger partial charge is 0.486 e. The Hall–Kier alpha value is -3.92. The number of aromatic nitrogens is 3. The summed E-state index contributed by atoms with van der Waals surface area (Å²) in [6.07, 6.45) is 3.20. The number of hydrogen-bond donors (Lipinski definition) is 1. The van der Waals surface area contributed by atoms with Gasteiger partial charge in [0, 0.05) is 23.1 Å². The zero-order valence-corrected chi connectivity index (χ0v) is 18.2. The molecule has 3 heterocycles. The molecule has 1 aromatic carbocycles. The molecular formula is C21H21F2N7O3. The lowest BCUT2D eigenvalue weighted by Gasteiger charge is -2.23. The molecule has 172 valence electrons. The highest BCUT2D eigenvalue weighted by Crippen LogP contribution is 2.43. The fourth-order valence-corrected chi connectivity index (χ4v) is 3.87. The third-order valence-electron chi connectivity index (χ3n) is 5.33. The maximum absolute atomic E-state index is 14.9. The summed E-state index contributed by atoms with van der Waals surface area (Å²) in [6.45, 7) is 5.26. The standard InChI is InChI=1S/C21H21F2N7O3/c1-4-32-20(31)13-9-26-30-6-5-15(28-19(13)30)27-11(2)16-17(23)14(22)7-12-8-21(3,10-25-29-24)33-18(12)16/h5-7,9,11H,4,8,10H2,1-3H3,(H,27,28)/t11-,21?/m1/s1. The Morgan fingerprint density at radius 3 is 3.03 bits per heavy atom. The van der Waals surface area contributed by atoms with Crippen molar-refractivity contribution in [1.29, 1.82) is 0 Å². The van der Waals surface area contributed by atoms with E-state index in [2.05, 4.69) is 25.4 Å². The maximum Gasteiger partial charge on any atom is 0.343 e. The van der Waals surface area contributed by atoms with Crippen molar-refractivity contribution in [3.8, 4) is 5.75 Å². The number of carbonyl (C=O) groups is 1. The van der Waals surface area contributed by atoms with E-state index in [0.29, 0.717) is 11.4 Å². The third kappa shape index (κ3) is 4.12. The van der Waals surface area contributed by atoms with Gasteiger partial charge in [0.1, 0.15) is 22.7 Å². The number of esters is 1. The van der Waals surface area contributed by atoms with Crippen molar-refractivity contribution in [2.75, 3.05) is 18.5 Å². The van der Waals surface area contributed by atoms with Crippen molar-refractivity contribution >= 4 is 17.4 Å². The molecule has 1 unspecified atom stereocenters. The van der Waals surface area contributed by atoms with E-state index in [9.17, 15) is 13.6 Å². The van der Waals surface area contributed by atoms with Gasteiger partial charge in [0.2, 0.25) is 0 Å². The summed E-state index contributed by atoms with van der Waals surface area (Å²) in [5.74, 6) is -2.08. The van der Waals surface area contributed by atoms with Gasteiger partial charge in [0.15, 0.2) is 17.3 Å². The molecule has 1 N–H and O–H groups in total. The highest BCUT2D eigenvalue weighted by atomic mass is 19.2. The van der Waals surface area contributed by atoms with Crippen LogP contribution in [0, 0.1) is 11.6 Å². The van der Waals surface area contributed by atoms with E-state index in [0.717, 1.165) is 6.07 Å². The molecule has 0 saturated heterocycles. The summed E-state index contributed by atoms with van der Waals surface area (Å²) in [4.78, 5) is 19.3. The van der Waals surface area contributed by atoms with Crippen LogP contribution in [0.5, 0.6) is 5.75 Å². The second-order valence-corrected chi connectivity index (χ2v) is 7.92. The summed E-state index contributed by atoms with van der Waals surface area (Å²) in [6, 6.07) is 1.94. The Morgan fingerprint density at radius 2 is 2.30 bits per heavy atom. The molecule has 3 aromatic rings. The first-order valence-corrected chi connectivity index (χ1v) is 10.2. The predicted molar refractivity (Wildman–Crippen MR) is 114 cm³/mol. The number of nitrogens with one attached hydrogen (secondary N) is 1. The molecule has 0 radical (unpaired) electrons. The highest BCUT2D eigenvalue weighted by molar-refractivity contribution is 5.95. The lowest BCUT2D eigenvalue weighted by molar-refractivity contribution is 0.0528. The topological polar surface area (TPSA) is 127 Å². The first kappa shape index (κ1) is 22.3. The first-order valence-electron chi connectivity index (χ1n) is 10.2. The van der Waals surface area contributed by atoms with Crippen LogP contribution in [0.15, 0.2) is 29.6 Å². The molecule has 0 aliphatic carbocycles. The van der Waals surface area contributed by atoms with Crippen LogP contribution in [0.3, 0.4) is 0 Å². The van der Waals surface area contributed by atoms with Crippen LogP contribution in [-0.2, 0) is 11.2 Å². The highest BCUT2D eigenvalue weighted by Gasteiger charge is 2.39. The molecule has 0 bridgehead atoms. The van der Waals surface area contributed by atoms with Gasteiger partial charge in [-0.15, -0.1) is 0 Å². The molecule has 0 fully saturated rings. The monoisotopic (exact) mass is 457 g/mol. The molecule has 0 amide bonds. The lowest BCUT2D eigenvalue weighted by Crippen LogP contribution is -2.33. The lowest BCUT2D eigenvalue weighted by atomic mass is 9.96. The SMILES string of the molecule is CCOC(=O)c1cnn2ccc(N[C@H](C)c3c(F)c(F)cc4c3OC(C)(CN=[N+]=[N-])C4)nc12. The minimum atomic E-state index is -1.04. The molecule has 10 nitrogen and oxygen atoms in total. The molecule has 1 aliphatic rings. The Balaban J connectivity index is 1.67. The summed E-state index contributed by atoms with van der Waals surface area (Å²) in [5.41, 5.74) is 8.64. The Morgan fingerprint density at radius 1 is 1.52 bits per heavy atom. The molecule has 1 aliphatic heterocycles. The fraction of sp³-hybridized carbons (Fsp3) is 0.381. The minimum Gasteiger partial charge on any atom is -0.486 e. The van der Waals surface area contributed by atoms with Crippen molar-refractivity contribution in [1.82, 2.24) is 14.6 Å². The van der Waals surface area contributed by atoms with Gasteiger partial charge in [-0.05, 0) is 38.4 Å². The van der Waals surface area contributed by atoms with Crippen LogP contribution < -0.4 is 10.1 Å². The van der Waals surface area contributed by atoms with Gasteiger partial charge in [-0.25, -0.2) is 23.1 Å². The average Bonchev–Trinajstić information content (AvgIpc) is 3.33. The van der Waals surface area contributed by atoms with Gasteiger partial charge in [0.05, 0.1) is 31.0 Å². The van der Waals surface area contributed by atoms with Crippen LogP contribution in [0.4, 0.5) is 14.6 Å². The van der Waals surface area contributed by atoms with Gasteiger partial charge in [-0.3, -0.25) is 0 Å². The number of ether oxygens (including phenoxy) is 2. The molecule has 0 spiro atoms. The van der Waals surface area contributed by atoms with E-state index in [1.165, 1.54) is 10.7 Å². The summed E-state index contributed by atoms with van der Waals surface area (Å²) in [5, 5.41) is 10.7. The van der Waals surface area contributed by atoms with Crippen molar-refractivity contribution in [3.05, 3.63) is 63.3 Å². The van der Waals surface area contributed by atoms with E-state index >= 15 is 0 Å². The number of rotatable bonds is 7. The van der Waals surface area contributed by atoms with Crippen molar-refractivity contribution in [2.24, 2.45) is 5.11 Å². The predicted octanol–water partition coefficient (Wildman–Crippen LogP) is 4.36. The summed E-state index contributed by atoms with van der Waals surface area (Å²) in [7, 11) is 0.